The third-order valence-electron chi connectivity index (χ3n) is 17.4. The quantitative estimate of drug-likeness (QED) is 0.0541. The summed E-state index contributed by atoms with van der Waals surface area (Å²) >= 11 is 0. The molecule has 2 heterocycles. The van der Waals surface area contributed by atoms with Crippen molar-refractivity contribution in [3.8, 4) is 0 Å². The van der Waals surface area contributed by atoms with Crippen LogP contribution in [0.25, 0.3) is 0 Å². The van der Waals surface area contributed by atoms with Crippen LogP contribution < -0.4 is 26.6 Å². The number of hydrogen-bond donors (Lipinski definition) is 5. The third-order valence-corrected chi connectivity index (χ3v) is 17.4. The number of nitrogens with one attached hydrogen (secondary N) is 5. The van der Waals surface area contributed by atoms with E-state index in [1.807, 2.05) is 127 Å². The molecule has 1 aliphatic carbocycles. The second kappa shape index (κ2) is 26.0. The number of Topliss-reactive ketones (excluding diaryl/α,β-unsaturated/α-hetero) is 1. The van der Waals surface area contributed by atoms with E-state index in [9.17, 15) is 28.8 Å². The van der Waals surface area contributed by atoms with Crippen molar-refractivity contribution in [2.24, 2.45) is 10.8 Å². The van der Waals surface area contributed by atoms with Crippen LogP contribution in [0, 0.1) is 24.7 Å². The molecule has 440 valence electrons. The summed E-state index contributed by atoms with van der Waals surface area (Å²) in [7, 11) is 3.39. The average Bonchev–Trinajstić information content (AvgIpc) is 3.28. The van der Waals surface area contributed by atoms with E-state index in [-0.39, 0.29) is 79.7 Å². The fourth-order valence-electron chi connectivity index (χ4n) is 11.8. The first-order valence-corrected chi connectivity index (χ1v) is 29.5. The summed E-state index contributed by atoms with van der Waals surface area (Å²) in [4.78, 5) is 106. The van der Waals surface area contributed by atoms with Gasteiger partial charge in [-0.2, -0.15) is 0 Å². The molecular formula is C68H86N8O7. The van der Waals surface area contributed by atoms with Gasteiger partial charge >= 0.3 is 0 Å². The summed E-state index contributed by atoms with van der Waals surface area (Å²) in [5.41, 5.74) is 9.43. The Balaban J connectivity index is 1.05. The van der Waals surface area contributed by atoms with Gasteiger partial charge < -0.3 is 41.3 Å². The Labute approximate surface area is 491 Å². The van der Waals surface area contributed by atoms with E-state index in [0.29, 0.717) is 24.1 Å². The Morgan fingerprint density at radius 3 is 1.82 bits per heavy atom. The molecule has 8 rings (SSSR count). The third kappa shape index (κ3) is 14.3. The Kier molecular flexibility index (Phi) is 19.3. The number of likely N-dealkylation sites (N-methyl/N-ethyl adjacent to an activating group) is 2. The molecule has 0 fully saturated rings. The maximum absolute atomic E-state index is 15.1. The van der Waals surface area contributed by atoms with E-state index in [2.05, 4.69) is 44.8 Å². The highest BCUT2D eigenvalue weighted by molar-refractivity contribution is 6.00. The molecule has 6 amide bonds. The van der Waals surface area contributed by atoms with Crippen molar-refractivity contribution < 1.29 is 33.6 Å². The SMILES string of the molecule is CN[C@@H](C)C(=O)N[C@H](C(=O)N1Cc2ccccc2C[C@H]1CN(Cc1cccc(C)c1C)C(=O)c1ccc(C(=O)Cc2ccc3c(c2)CN(C(=O)[C@@H](NC(=O)[C@H](C)NC)C(C)(C)C)[C@H](C(=O)N[C@@H]2CCCc4ccccc42)C3)cc1)C(C)(C)C. The van der Waals surface area contributed by atoms with Crippen LogP contribution in [-0.2, 0) is 69.3 Å². The molecule has 0 radical (unpaired) electrons. The summed E-state index contributed by atoms with van der Waals surface area (Å²) in [5.74, 6) is -1.87. The summed E-state index contributed by atoms with van der Waals surface area (Å²) in [6.07, 6.45) is 3.43. The maximum atomic E-state index is 15.1. The summed E-state index contributed by atoms with van der Waals surface area (Å²) < 4.78 is 0. The number of carbonyl (C=O) groups is 7. The van der Waals surface area contributed by atoms with E-state index in [1.54, 1.807) is 62.0 Å². The lowest BCUT2D eigenvalue weighted by Gasteiger charge is -2.43. The Bertz CT molecular complexity index is 3230. The van der Waals surface area contributed by atoms with E-state index in [1.165, 1.54) is 5.56 Å². The van der Waals surface area contributed by atoms with Gasteiger partial charge in [-0.15, -0.1) is 0 Å². The monoisotopic (exact) mass is 1130 g/mol. The highest BCUT2D eigenvalue weighted by Gasteiger charge is 2.44. The Morgan fingerprint density at radius 1 is 0.627 bits per heavy atom. The molecule has 0 spiro atoms. The van der Waals surface area contributed by atoms with Crippen LogP contribution in [-0.4, -0.2) is 113 Å². The predicted molar refractivity (Wildman–Crippen MR) is 324 cm³/mol. The standard InChI is InChI=1S/C68H86N8O7/c1-41-19-17-24-51(42(41)2)37-74(40-54-35-49-21-13-14-22-52(49)38-75(54)65(82)59(67(5,6)7)72-61(78)43(3)69-11)64(81)48-31-29-47(30-32-48)58(77)34-45-27-28-50-36-57(63(80)71-56-26-18-23-46-20-15-16-25-55(46)56)76(39-53(50)33-45)66(83)60(68(8,9)10)73-62(79)44(4)70-12/h13-17,19-22,24-25,27-33,43-44,54,56-57,59-60,69-70H,18,23,26,34-40H2,1-12H3,(H,71,80)(H,72,78)(H,73,79)/t43-,44-,54-,56+,57-,59+,60+/m0/s1. The first-order valence-electron chi connectivity index (χ1n) is 29.5. The Hall–Kier alpha value is -7.49. The van der Waals surface area contributed by atoms with Gasteiger partial charge in [0.05, 0.1) is 24.2 Å². The van der Waals surface area contributed by atoms with E-state index in [0.717, 1.165) is 69.3 Å². The van der Waals surface area contributed by atoms with E-state index in [4.69, 9.17) is 0 Å². The van der Waals surface area contributed by atoms with Gasteiger partial charge in [0, 0.05) is 50.1 Å². The zero-order chi connectivity index (χ0) is 60.1. The molecule has 0 saturated heterocycles. The summed E-state index contributed by atoms with van der Waals surface area (Å²) in [6.45, 7) is 20.0. The summed E-state index contributed by atoms with van der Waals surface area (Å²) in [5, 5.41) is 15.3. The second-order valence-corrected chi connectivity index (χ2v) is 25.4. The molecule has 0 bridgehead atoms. The van der Waals surface area contributed by atoms with Crippen LogP contribution in [0.3, 0.4) is 0 Å². The van der Waals surface area contributed by atoms with Crippen molar-refractivity contribution in [2.45, 2.75) is 170 Å². The predicted octanol–water partition coefficient (Wildman–Crippen LogP) is 8.05. The van der Waals surface area contributed by atoms with Gasteiger partial charge in [-0.05, 0) is 146 Å². The van der Waals surface area contributed by atoms with Gasteiger partial charge in [0.15, 0.2) is 5.78 Å². The molecule has 15 nitrogen and oxygen atoms in total. The lowest BCUT2D eigenvalue weighted by molar-refractivity contribution is -0.147. The van der Waals surface area contributed by atoms with Crippen molar-refractivity contribution in [3.05, 3.63) is 176 Å². The molecule has 5 N–H and O–H groups in total. The largest absolute Gasteiger partial charge is 0.347 e. The molecule has 0 unspecified atom stereocenters. The number of benzene rings is 5. The summed E-state index contributed by atoms with van der Waals surface area (Å²) in [6, 6.07) is 30.4. The van der Waals surface area contributed by atoms with Gasteiger partial charge in [-0.25, -0.2) is 0 Å². The Morgan fingerprint density at radius 2 is 1.19 bits per heavy atom. The number of hydrogen-bond acceptors (Lipinski definition) is 9. The first-order chi connectivity index (χ1) is 39.4. The lowest BCUT2D eigenvalue weighted by Crippen LogP contribution is -2.62. The van der Waals surface area contributed by atoms with Crippen molar-refractivity contribution in [1.29, 1.82) is 0 Å². The average molecular weight is 1130 g/mol. The molecule has 0 aromatic heterocycles. The minimum absolute atomic E-state index is 0.0394. The molecule has 0 saturated carbocycles. The van der Waals surface area contributed by atoms with Gasteiger partial charge in [0.2, 0.25) is 29.5 Å². The molecule has 15 heteroatoms. The first kappa shape index (κ1) is 61.6. The normalized spacial score (nSPS) is 18.2. The minimum atomic E-state index is -0.945. The number of rotatable bonds is 18. The zero-order valence-corrected chi connectivity index (χ0v) is 50.7. The molecule has 2 aliphatic heterocycles. The lowest BCUT2D eigenvalue weighted by atomic mass is 9.83. The van der Waals surface area contributed by atoms with Gasteiger partial charge in [-0.3, -0.25) is 33.6 Å². The highest BCUT2D eigenvalue weighted by atomic mass is 16.2. The van der Waals surface area contributed by atoms with Crippen molar-refractivity contribution in [1.82, 2.24) is 41.3 Å². The second-order valence-electron chi connectivity index (χ2n) is 25.4. The number of amides is 6. The van der Waals surface area contributed by atoms with Crippen LogP contribution in [0.4, 0.5) is 0 Å². The van der Waals surface area contributed by atoms with E-state index >= 15 is 4.79 Å². The topological polar surface area (TPSA) is 189 Å². The van der Waals surface area contributed by atoms with Crippen LogP contribution >= 0.6 is 0 Å². The van der Waals surface area contributed by atoms with E-state index < -0.39 is 47.1 Å². The highest BCUT2D eigenvalue weighted by Crippen LogP contribution is 2.34. The number of carbonyl (C=O) groups excluding carboxylic acids is 7. The van der Waals surface area contributed by atoms with Gasteiger partial charge in [0.25, 0.3) is 5.91 Å². The number of nitrogens with zero attached hydrogens (tertiary/aromatic N) is 3. The maximum Gasteiger partial charge on any atom is 0.254 e. The van der Waals surface area contributed by atoms with Crippen LogP contribution in [0.1, 0.15) is 151 Å². The molecule has 3 aliphatic rings. The number of ketones is 1. The van der Waals surface area contributed by atoms with Crippen molar-refractivity contribution in [3.63, 3.8) is 0 Å². The molecule has 5 aromatic rings. The van der Waals surface area contributed by atoms with Crippen LogP contribution in [0.2, 0.25) is 0 Å². The number of aryl methyl sites for hydroxylation is 2. The molecule has 5 aromatic carbocycles. The minimum Gasteiger partial charge on any atom is -0.347 e. The van der Waals surface area contributed by atoms with Crippen molar-refractivity contribution in [2.75, 3.05) is 20.6 Å². The fourth-order valence-corrected chi connectivity index (χ4v) is 11.8. The molecule has 7 atom stereocenters. The van der Waals surface area contributed by atoms with Gasteiger partial charge in [0.1, 0.15) is 18.1 Å². The fraction of sp³-hybridized carbons (Fsp3) is 0.456. The smallest absolute Gasteiger partial charge is 0.254 e. The van der Waals surface area contributed by atoms with Crippen LogP contribution in [0.15, 0.2) is 109 Å². The van der Waals surface area contributed by atoms with Crippen LogP contribution in [0.5, 0.6) is 0 Å². The molecular weight excluding hydrogens is 1040 g/mol. The van der Waals surface area contributed by atoms with Crippen molar-refractivity contribution >= 4 is 41.2 Å². The zero-order valence-electron chi connectivity index (χ0n) is 50.7. The molecule has 83 heavy (non-hydrogen) atoms. The van der Waals surface area contributed by atoms with Gasteiger partial charge in [-0.1, -0.05) is 139 Å². The number of fused-ring (bicyclic) bond motifs is 3.